The van der Waals surface area contributed by atoms with E-state index in [4.69, 9.17) is 19.9 Å². The molecule has 6 aliphatic rings. The van der Waals surface area contributed by atoms with Crippen LogP contribution in [0.1, 0.15) is 60.0 Å². The van der Waals surface area contributed by atoms with Crippen LogP contribution in [-0.2, 0) is 21.3 Å². The number of nitrogens with zero attached hydrogens (tertiary/aromatic N) is 1. The number of rotatable bonds is 3. The summed E-state index contributed by atoms with van der Waals surface area (Å²) in [5.41, 5.74) is 6.72. The summed E-state index contributed by atoms with van der Waals surface area (Å²) in [6, 6.07) is 3.87. The van der Waals surface area contributed by atoms with Gasteiger partial charge in [-0.25, -0.2) is 0 Å². The summed E-state index contributed by atoms with van der Waals surface area (Å²) < 4.78 is 19.0. The van der Waals surface area contributed by atoms with Gasteiger partial charge in [0.2, 0.25) is 5.79 Å². The van der Waals surface area contributed by atoms with E-state index in [2.05, 4.69) is 4.90 Å². The number of hydrogen-bond acceptors (Lipinski definition) is 6. The van der Waals surface area contributed by atoms with E-state index in [-0.39, 0.29) is 6.04 Å². The van der Waals surface area contributed by atoms with E-state index < -0.39 is 28.8 Å². The van der Waals surface area contributed by atoms with Gasteiger partial charge in [-0.3, -0.25) is 9.69 Å². The molecular formula is C24H30N2O5. The lowest BCUT2D eigenvalue weighted by atomic mass is 9.48. The van der Waals surface area contributed by atoms with Crippen molar-refractivity contribution < 1.29 is 24.1 Å². The minimum Gasteiger partial charge on any atom is -0.483 e. The fraction of sp³-hybridized carbons (Fsp3) is 0.708. The normalized spacial score (nSPS) is 39.8. The van der Waals surface area contributed by atoms with Gasteiger partial charge in [0.1, 0.15) is 5.75 Å². The molecule has 4 fully saturated rings. The van der Waals surface area contributed by atoms with E-state index in [0.29, 0.717) is 37.4 Å². The third-order valence-electron chi connectivity index (χ3n) is 9.36. The quantitative estimate of drug-likeness (QED) is 0.761. The summed E-state index contributed by atoms with van der Waals surface area (Å²) >= 11 is 0. The Kier molecular flexibility index (Phi) is 3.66. The molecule has 4 atom stereocenters. The van der Waals surface area contributed by atoms with Crippen LogP contribution in [0.5, 0.6) is 5.75 Å². The zero-order valence-electron chi connectivity index (χ0n) is 17.8. The fourth-order valence-electron chi connectivity index (χ4n) is 7.79. The number of nitrogens with two attached hydrogens (primary N) is 1. The number of carbonyl (C=O) groups excluding carboxylic acids is 1. The summed E-state index contributed by atoms with van der Waals surface area (Å²) in [6.45, 7) is 3.03. The summed E-state index contributed by atoms with van der Waals surface area (Å²) in [5, 5.41) is 12.5. The predicted molar refractivity (Wildman–Crippen MR) is 111 cm³/mol. The summed E-state index contributed by atoms with van der Waals surface area (Å²) in [5.74, 6) is -0.0584. The van der Waals surface area contributed by atoms with Crippen LogP contribution in [0.15, 0.2) is 12.1 Å². The van der Waals surface area contributed by atoms with E-state index in [1.165, 1.54) is 24.8 Å². The molecule has 3 N–H and O–H groups in total. The summed E-state index contributed by atoms with van der Waals surface area (Å²) in [4.78, 5) is 14.8. The first-order valence-electron chi connectivity index (χ1n) is 11.9. The highest BCUT2D eigenvalue weighted by Crippen LogP contribution is 2.67. The van der Waals surface area contributed by atoms with Crippen molar-refractivity contribution >= 4 is 5.91 Å². The first-order valence-corrected chi connectivity index (χ1v) is 11.9. The Balaban J connectivity index is 1.42. The number of piperidine rings is 1. The maximum Gasteiger partial charge on any atom is 0.252 e. The number of ether oxygens (including phenoxy) is 3. The molecule has 3 aliphatic carbocycles. The Labute approximate surface area is 181 Å². The molecule has 2 saturated heterocycles. The molecule has 3 heterocycles. The van der Waals surface area contributed by atoms with Crippen LogP contribution in [0.25, 0.3) is 0 Å². The molecule has 2 saturated carbocycles. The van der Waals surface area contributed by atoms with E-state index in [9.17, 15) is 9.90 Å². The number of aliphatic hydroxyl groups is 1. The van der Waals surface area contributed by atoms with E-state index in [0.717, 1.165) is 37.4 Å². The molecule has 7 nitrogen and oxygen atoms in total. The summed E-state index contributed by atoms with van der Waals surface area (Å²) in [7, 11) is 0. The van der Waals surface area contributed by atoms with Crippen molar-refractivity contribution in [1.82, 2.24) is 4.90 Å². The monoisotopic (exact) mass is 426 g/mol. The van der Waals surface area contributed by atoms with Crippen molar-refractivity contribution in [1.29, 1.82) is 0 Å². The average molecular weight is 427 g/mol. The van der Waals surface area contributed by atoms with Crippen molar-refractivity contribution in [2.45, 2.75) is 73.9 Å². The molecule has 1 aromatic carbocycles. The molecular weight excluding hydrogens is 396 g/mol. The number of primary amides is 1. The van der Waals surface area contributed by atoms with Gasteiger partial charge in [-0.1, -0.05) is 12.5 Å². The molecule has 31 heavy (non-hydrogen) atoms. The van der Waals surface area contributed by atoms with Crippen molar-refractivity contribution in [2.75, 3.05) is 26.3 Å². The number of benzene rings is 1. The van der Waals surface area contributed by atoms with Crippen LogP contribution in [0.3, 0.4) is 0 Å². The molecule has 7 rings (SSSR count). The van der Waals surface area contributed by atoms with E-state index in [1.807, 2.05) is 6.07 Å². The second kappa shape index (κ2) is 6.01. The molecule has 2 unspecified atom stereocenters. The van der Waals surface area contributed by atoms with Gasteiger partial charge in [0, 0.05) is 24.6 Å². The van der Waals surface area contributed by atoms with Crippen molar-refractivity contribution in [3.05, 3.63) is 28.8 Å². The molecule has 7 heteroatoms. The Morgan fingerprint density at radius 2 is 2.00 bits per heavy atom. The number of hydrogen-bond donors (Lipinski definition) is 2. The van der Waals surface area contributed by atoms with Crippen LogP contribution < -0.4 is 10.5 Å². The van der Waals surface area contributed by atoms with Gasteiger partial charge in [0.15, 0.2) is 6.10 Å². The minimum atomic E-state index is -0.936. The van der Waals surface area contributed by atoms with Crippen molar-refractivity contribution in [3.8, 4) is 5.75 Å². The van der Waals surface area contributed by atoms with Gasteiger partial charge in [0.25, 0.3) is 5.91 Å². The highest BCUT2D eigenvalue weighted by molar-refractivity contribution is 5.97. The second-order valence-electron chi connectivity index (χ2n) is 10.5. The maximum absolute atomic E-state index is 12.5. The van der Waals surface area contributed by atoms with E-state index in [1.54, 1.807) is 6.07 Å². The maximum atomic E-state index is 12.5. The van der Waals surface area contributed by atoms with Gasteiger partial charge in [-0.05, 0) is 56.2 Å². The molecule has 3 aliphatic heterocycles. The Hall–Kier alpha value is -1.67. The smallest absolute Gasteiger partial charge is 0.252 e. The molecule has 166 valence electrons. The number of amides is 1. The van der Waals surface area contributed by atoms with Crippen LogP contribution in [-0.4, -0.2) is 65.8 Å². The first-order chi connectivity index (χ1) is 15.0. The van der Waals surface area contributed by atoms with E-state index >= 15 is 0 Å². The van der Waals surface area contributed by atoms with Crippen LogP contribution >= 0.6 is 0 Å². The fourth-order valence-corrected chi connectivity index (χ4v) is 7.79. The number of fused-ring (bicyclic) bond motifs is 1. The highest BCUT2D eigenvalue weighted by atomic mass is 16.8. The zero-order valence-corrected chi connectivity index (χ0v) is 17.8. The SMILES string of the molecule is NC(=O)c1ccc2c3c1OC1C4(CCC5(O)[C@@H](C2)N(CC2CCC2)CC[C@]315)OCCO4. The Bertz CT molecular complexity index is 971. The Morgan fingerprint density at radius 1 is 1.19 bits per heavy atom. The molecule has 0 aromatic heterocycles. The van der Waals surface area contributed by atoms with Gasteiger partial charge in [0.05, 0.1) is 29.8 Å². The molecule has 0 radical (unpaired) electrons. The largest absolute Gasteiger partial charge is 0.483 e. The zero-order chi connectivity index (χ0) is 21.0. The van der Waals surface area contributed by atoms with Gasteiger partial charge in [-0.15, -0.1) is 0 Å². The highest BCUT2D eigenvalue weighted by Gasteiger charge is 2.77. The second-order valence-corrected chi connectivity index (χ2v) is 10.5. The third kappa shape index (κ3) is 2.12. The topological polar surface area (TPSA) is 94.3 Å². The lowest BCUT2D eigenvalue weighted by molar-refractivity contribution is -0.297. The predicted octanol–water partition coefficient (Wildman–Crippen LogP) is 1.48. The Morgan fingerprint density at radius 3 is 2.71 bits per heavy atom. The third-order valence-corrected chi connectivity index (χ3v) is 9.36. The lowest BCUT2D eigenvalue weighted by Gasteiger charge is -2.65. The minimum absolute atomic E-state index is 0.0459. The van der Waals surface area contributed by atoms with Crippen molar-refractivity contribution in [2.24, 2.45) is 11.7 Å². The van der Waals surface area contributed by atoms with Gasteiger partial charge in [-0.2, -0.15) is 0 Å². The van der Waals surface area contributed by atoms with Crippen LogP contribution in [0, 0.1) is 5.92 Å². The van der Waals surface area contributed by atoms with Crippen LogP contribution in [0.4, 0.5) is 0 Å². The van der Waals surface area contributed by atoms with Gasteiger partial charge >= 0.3 is 0 Å². The number of likely N-dealkylation sites (tertiary alicyclic amines) is 1. The lowest BCUT2D eigenvalue weighted by Crippen LogP contribution is -2.79. The average Bonchev–Trinajstić information content (AvgIpc) is 3.31. The molecule has 1 amide bonds. The number of carbonyl (C=O) groups is 1. The first kappa shape index (κ1) is 18.9. The molecule has 1 aromatic rings. The van der Waals surface area contributed by atoms with Crippen LogP contribution in [0.2, 0.25) is 0 Å². The summed E-state index contributed by atoms with van der Waals surface area (Å²) in [6.07, 6.45) is 6.21. The van der Waals surface area contributed by atoms with Crippen molar-refractivity contribution in [3.63, 3.8) is 0 Å². The molecule has 2 spiro atoms. The van der Waals surface area contributed by atoms with Gasteiger partial charge < -0.3 is 25.1 Å². The molecule has 2 bridgehead atoms. The standard InChI is InChI=1S/C24H30N2O5/c25-20(27)16-5-4-15-12-17-23(28)6-7-24(29-10-11-30-24)21-22(23,18(15)19(16)31-21)8-9-26(17)13-14-2-1-3-14/h4-5,14,17,21,28H,1-3,6-13H2,(H2,25,27)/t17-,21?,22+,23?/m1/s1.